The minimum Gasteiger partial charge on any atom is -0.103 e. The molecule has 0 nitrogen and oxygen atoms in total. The van der Waals surface area contributed by atoms with Crippen LogP contribution in [0.5, 0.6) is 0 Å². The summed E-state index contributed by atoms with van der Waals surface area (Å²) in [5, 5.41) is 0. The molecular formula is C10H16. The fourth-order valence-electron chi connectivity index (χ4n) is 0.571. The highest BCUT2D eigenvalue weighted by molar-refractivity contribution is 5.08. The van der Waals surface area contributed by atoms with Crippen molar-refractivity contribution in [2.45, 2.75) is 26.7 Å². The lowest BCUT2D eigenvalue weighted by molar-refractivity contribution is 1.06. The zero-order valence-corrected chi connectivity index (χ0v) is 6.93. The molecule has 0 N–H and O–H groups in total. The summed E-state index contributed by atoms with van der Waals surface area (Å²) in [6, 6.07) is 0. The van der Waals surface area contributed by atoms with Crippen LogP contribution in [0.3, 0.4) is 0 Å². The van der Waals surface area contributed by atoms with Crippen molar-refractivity contribution in [1.82, 2.24) is 0 Å². The largest absolute Gasteiger partial charge is 0.103 e. The lowest BCUT2D eigenvalue weighted by atomic mass is 10.2. The molecule has 0 bridgehead atoms. The normalized spacial score (nSPS) is 9.80. The second-order valence-corrected chi connectivity index (χ2v) is 2.54. The third-order valence-electron chi connectivity index (χ3n) is 1.10. The lowest BCUT2D eigenvalue weighted by Gasteiger charge is -1.84. The molecule has 0 amide bonds. The number of allylic oxidation sites excluding steroid dienone is 5. The van der Waals surface area contributed by atoms with E-state index in [9.17, 15) is 0 Å². The highest BCUT2D eigenvalue weighted by Crippen LogP contribution is 1.93. The van der Waals surface area contributed by atoms with Crippen molar-refractivity contribution in [1.29, 1.82) is 0 Å². The van der Waals surface area contributed by atoms with Gasteiger partial charge in [0, 0.05) is 0 Å². The minimum absolute atomic E-state index is 1.08. The van der Waals surface area contributed by atoms with E-state index in [2.05, 4.69) is 38.7 Å². The predicted molar refractivity (Wildman–Crippen MR) is 48.0 cm³/mol. The molecular weight excluding hydrogens is 120 g/mol. The van der Waals surface area contributed by atoms with Gasteiger partial charge in [-0.1, -0.05) is 29.9 Å². The average molecular weight is 136 g/mol. The summed E-state index contributed by atoms with van der Waals surface area (Å²) in [5.41, 5.74) is 1.34. The molecule has 0 radical (unpaired) electrons. The number of hydrogen-bond acceptors (Lipinski definition) is 0. The van der Waals surface area contributed by atoms with Crippen LogP contribution in [0.2, 0.25) is 0 Å². The molecule has 0 unspecified atom stereocenters. The number of unbranched alkanes of at least 4 members (excludes halogenated alkanes) is 1. The molecule has 0 aromatic rings. The molecule has 56 valence electrons. The van der Waals surface area contributed by atoms with Crippen molar-refractivity contribution >= 4 is 0 Å². The fraction of sp³-hybridized carbons (Fsp3) is 0.400. The quantitative estimate of drug-likeness (QED) is 0.315. The number of hydrogen-bond donors (Lipinski definition) is 0. The van der Waals surface area contributed by atoms with E-state index in [4.69, 9.17) is 0 Å². The summed E-state index contributed by atoms with van der Waals surface area (Å²) in [4.78, 5) is 0. The van der Waals surface area contributed by atoms with Gasteiger partial charge in [-0.2, -0.15) is 0 Å². The first-order valence-corrected chi connectivity index (χ1v) is 3.68. The van der Waals surface area contributed by atoms with Crippen molar-refractivity contribution in [2.24, 2.45) is 0 Å². The second-order valence-electron chi connectivity index (χ2n) is 2.54. The van der Waals surface area contributed by atoms with Crippen LogP contribution in [0.25, 0.3) is 0 Å². The van der Waals surface area contributed by atoms with Crippen molar-refractivity contribution < 1.29 is 0 Å². The van der Waals surface area contributed by atoms with Gasteiger partial charge in [-0.15, -0.1) is 6.58 Å². The Bertz CT molecular complexity index is 134. The molecule has 0 aromatic heterocycles. The minimum atomic E-state index is 1.08. The van der Waals surface area contributed by atoms with Gasteiger partial charge in [0.1, 0.15) is 0 Å². The van der Waals surface area contributed by atoms with Crippen LogP contribution in [0.1, 0.15) is 26.7 Å². The van der Waals surface area contributed by atoms with Gasteiger partial charge in [0.2, 0.25) is 0 Å². The zero-order valence-electron chi connectivity index (χ0n) is 6.93. The SMILES string of the molecule is C=CCC/C=C/C=C(C)C. The molecule has 0 spiro atoms. The van der Waals surface area contributed by atoms with E-state index < -0.39 is 0 Å². The van der Waals surface area contributed by atoms with Gasteiger partial charge in [-0.05, 0) is 26.7 Å². The molecule has 0 aromatic carbocycles. The Morgan fingerprint density at radius 1 is 1.30 bits per heavy atom. The molecule has 0 rings (SSSR count). The summed E-state index contributed by atoms with van der Waals surface area (Å²) in [5.74, 6) is 0. The smallest absolute Gasteiger partial charge is 0.0313 e. The molecule has 0 aliphatic carbocycles. The van der Waals surface area contributed by atoms with Gasteiger partial charge >= 0.3 is 0 Å². The maximum absolute atomic E-state index is 3.64. The van der Waals surface area contributed by atoms with Gasteiger partial charge in [0.25, 0.3) is 0 Å². The van der Waals surface area contributed by atoms with E-state index in [1.807, 2.05) is 6.08 Å². The van der Waals surface area contributed by atoms with Crippen LogP contribution in [-0.2, 0) is 0 Å². The molecule has 0 saturated carbocycles. The van der Waals surface area contributed by atoms with Gasteiger partial charge in [0.05, 0.1) is 0 Å². The van der Waals surface area contributed by atoms with E-state index in [-0.39, 0.29) is 0 Å². The van der Waals surface area contributed by atoms with Crippen molar-refractivity contribution in [2.75, 3.05) is 0 Å². The Morgan fingerprint density at radius 2 is 2.00 bits per heavy atom. The molecule has 0 saturated heterocycles. The third-order valence-corrected chi connectivity index (χ3v) is 1.10. The van der Waals surface area contributed by atoms with Crippen LogP contribution in [0.15, 0.2) is 36.5 Å². The molecule has 0 aliphatic heterocycles. The van der Waals surface area contributed by atoms with Crippen LogP contribution >= 0.6 is 0 Å². The summed E-state index contributed by atoms with van der Waals surface area (Å²) >= 11 is 0. The maximum Gasteiger partial charge on any atom is -0.0313 e. The van der Waals surface area contributed by atoms with Gasteiger partial charge in [-0.3, -0.25) is 0 Å². The van der Waals surface area contributed by atoms with E-state index in [1.165, 1.54) is 5.57 Å². The van der Waals surface area contributed by atoms with Crippen LogP contribution in [-0.4, -0.2) is 0 Å². The third kappa shape index (κ3) is 7.22. The molecule has 0 fully saturated rings. The monoisotopic (exact) mass is 136 g/mol. The predicted octanol–water partition coefficient (Wildman–Crippen LogP) is 3.48. The highest BCUT2D eigenvalue weighted by atomic mass is 13.8. The Kier molecular flexibility index (Phi) is 5.85. The van der Waals surface area contributed by atoms with Crippen LogP contribution in [0.4, 0.5) is 0 Å². The number of rotatable bonds is 4. The maximum atomic E-state index is 3.64. The first-order chi connectivity index (χ1) is 4.77. The Labute approximate surface area is 64.0 Å². The first kappa shape index (κ1) is 9.22. The van der Waals surface area contributed by atoms with E-state index >= 15 is 0 Å². The van der Waals surface area contributed by atoms with E-state index in [1.54, 1.807) is 0 Å². The Balaban J connectivity index is 3.37. The second kappa shape index (κ2) is 6.34. The topological polar surface area (TPSA) is 0 Å². The molecule has 0 aliphatic rings. The van der Waals surface area contributed by atoms with Gasteiger partial charge < -0.3 is 0 Å². The average Bonchev–Trinajstić information content (AvgIpc) is 1.87. The Hall–Kier alpha value is -0.780. The molecule has 0 heteroatoms. The van der Waals surface area contributed by atoms with Crippen molar-refractivity contribution in [3.8, 4) is 0 Å². The molecule has 10 heavy (non-hydrogen) atoms. The summed E-state index contributed by atoms with van der Waals surface area (Å²) in [7, 11) is 0. The highest BCUT2D eigenvalue weighted by Gasteiger charge is 1.73. The standard InChI is InChI=1S/C10H16/c1-4-5-6-7-8-9-10(2)3/h4,7-9H,1,5-6H2,2-3H3/b8-7+. The summed E-state index contributed by atoms with van der Waals surface area (Å²) < 4.78 is 0. The van der Waals surface area contributed by atoms with Crippen molar-refractivity contribution in [3.05, 3.63) is 36.5 Å². The molecule has 0 atom stereocenters. The van der Waals surface area contributed by atoms with Crippen LogP contribution in [0, 0.1) is 0 Å². The van der Waals surface area contributed by atoms with Gasteiger partial charge in [-0.25, -0.2) is 0 Å². The van der Waals surface area contributed by atoms with Crippen molar-refractivity contribution in [3.63, 3.8) is 0 Å². The molecule has 0 heterocycles. The van der Waals surface area contributed by atoms with Gasteiger partial charge in [0.15, 0.2) is 0 Å². The Morgan fingerprint density at radius 3 is 2.50 bits per heavy atom. The van der Waals surface area contributed by atoms with E-state index in [0.29, 0.717) is 0 Å². The first-order valence-electron chi connectivity index (χ1n) is 3.68. The van der Waals surface area contributed by atoms with E-state index in [0.717, 1.165) is 12.8 Å². The zero-order chi connectivity index (χ0) is 7.82. The summed E-state index contributed by atoms with van der Waals surface area (Å²) in [6.07, 6.45) is 10.5. The fourth-order valence-corrected chi connectivity index (χ4v) is 0.571. The van der Waals surface area contributed by atoms with Crippen LogP contribution < -0.4 is 0 Å². The lowest BCUT2D eigenvalue weighted by Crippen LogP contribution is -1.63. The summed E-state index contributed by atoms with van der Waals surface area (Å²) in [6.45, 7) is 7.83.